The molecule has 0 saturated carbocycles. The average molecular weight is 456 g/mol. The zero-order chi connectivity index (χ0) is 23.6. The Morgan fingerprint density at radius 2 is 1.41 bits per heavy atom. The van der Waals surface area contributed by atoms with Gasteiger partial charge in [0, 0.05) is 26.6 Å². The maximum atomic E-state index is 11.6. The van der Waals surface area contributed by atoms with E-state index in [0.717, 1.165) is 31.5 Å². The number of hydrogen-bond donors (Lipinski definition) is 0. The first-order chi connectivity index (χ1) is 16.7. The molecule has 176 valence electrons. The van der Waals surface area contributed by atoms with E-state index in [4.69, 9.17) is 9.47 Å². The highest BCUT2D eigenvalue weighted by molar-refractivity contribution is 5.66. The van der Waals surface area contributed by atoms with Gasteiger partial charge in [-0.1, -0.05) is 103 Å². The summed E-state index contributed by atoms with van der Waals surface area (Å²) in [7, 11) is 0. The highest BCUT2D eigenvalue weighted by Gasteiger charge is 2.21. The van der Waals surface area contributed by atoms with E-state index in [0.29, 0.717) is 13.2 Å². The van der Waals surface area contributed by atoms with E-state index in [1.807, 2.05) is 42.5 Å². The molecule has 3 aromatic rings. The molecule has 0 amide bonds. The van der Waals surface area contributed by atoms with Crippen LogP contribution < -0.4 is 0 Å². The van der Waals surface area contributed by atoms with Crippen LogP contribution in [0.3, 0.4) is 0 Å². The number of nitrogens with zero attached hydrogens (tertiary/aromatic N) is 1. The van der Waals surface area contributed by atoms with Crippen LogP contribution in [0.2, 0.25) is 0 Å². The topological polar surface area (TPSA) is 38.8 Å². The second-order valence-electron chi connectivity index (χ2n) is 8.70. The molecule has 0 bridgehead atoms. The van der Waals surface area contributed by atoms with Crippen LogP contribution in [-0.2, 0) is 14.3 Å². The first kappa shape index (κ1) is 23.9. The fourth-order valence-electron chi connectivity index (χ4n) is 4.41. The monoisotopic (exact) mass is 455 g/mol. The van der Waals surface area contributed by atoms with Crippen molar-refractivity contribution in [2.24, 2.45) is 0 Å². The molecular weight excluding hydrogens is 422 g/mol. The molecule has 0 spiro atoms. The quantitative estimate of drug-likeness (QED) is 0.273. The van der Waals surface area contributed by atoms with Gasteiger partial charge in [-0.2, -0.15) is 0 Å². The van der Waals surface area contributed by atoms with Gasteiger partial charge in [0.15, 0.2) is 0 Å². The second kappa shape index (κ2) is 12.3. The summed E-state index contributed by atoms with van der Waals surface area (Å²) in [5.41, 5.74) is 4.82. The zero-order valence-electron chi connectivity index (χ0n) is 19.8. The summed E-state index contributed by atoms with van der Waals surface area (Å²) in [6.07, 6.45) is 3.94. The summed E-state index contributed by atoms with van der Waals surface area (Å²) in [5, 5.41) is 0. The Balaban J connectivity index is 1.31. The van der Waals surface area contributed by atoms with Gasteiger partial charge in [-0.25, -0.2) is 0 Å². The fraction of sp³-hybridized carbons (Fsp3) is 0.300. The molecule has 0 saturated heterocycles. The Hall–Kier alpha value is -3.21. The number of ether oxygens (including phenoxy) is 2. The molecule has 4 heteroatoms. The normalized spacial score (nSPS) is 15.1. The second-order valence-corrected chi connectivity index (χ2v) is 8.70. The van der Waals surface area contributed by atoms with Gasteiger partial charge in [-0.15, -0.1) is 0 Å². The Labute approximate surface area is 202 Å². The summed E-state index contributed by atoms with van der Waals surface area (Å²) in [5.74, 6) is -0.245. The van der Waals surface area contributed by atoms with Gasteiger partial charge in [-0.05, 0) is 29.5 Å². The number of esters is 1. The predicted molar refractivity (Wildman–Crippen MR) is 135 cm³/mol. The van der Waals surface area contributed by atoms with Crippen LogP contribution in [0, 0.1) is 0 Å². The van der Waals surface area contributed by atoms with E-state index < -0.39 is 0 Å². The Morgan fingerprint density at radius 1 is 0.853 bits per heavy atom. The summed E-state index contributed by atoms with van der Waals surface area (Å²) in [4.78, 5) is 14.0. The standard InChI is InChI=1S/C30H33NO3/c1-24(32)34-29(26-11-5-2-6-12-26)23-31-20-17-25(18-21-31)19-22-33-30(27-13-7-3-8-14-27)28-15-9-4-10-16-28/h2-17,29-30H,18-23H2,1H3. The molecule has 0 aliphatic carbocycles. The molecule has 1 unspecified atom stereocenters. The summed E-state index contributed by atoms with van der Waals surface area (Å²) in [6, 6.07) is 30.8. The van der Waals surface area contributed by atoms with E-state index in [9.17, 15) is 4.79 Å². The zero-order valence-corrected chi connectivity index (χ0v) is 19.8. The van der Waals surface area contributed by atoms with Gasteiger partial charge in [-0.3, -0.25) is 9.69 Å². The van der Waals surface area contributed by atoms with Crippen molar-refractivity contribution in [1.29, 1.82) is 0 Å². The first-order valence-electron chi connectivity index (χ1n) is 12.0. The van der Waals surface area contributed by atoms with Crippen molar-refractivity contribution < 1.29 is 14.3 Å². The van der Waals surface area contributed by atoms with Crippen molar-refractivity contribution in [3.05, 3.63) is 119 Å². The number of benzene rings is 3. The van der Waals surface area contributed by atoms with E-state index in [-0.39, 0.29) is 18.2 Å². The molecule has 1 heterocycles. The van der Waals surface area contributed by atoms with Crippen molar-refractivity contribution >= 4 is 5.97 Å². The van der Waals surface area contributed by atoms with E-state index in [1.54, 1.807) is 0 Å². The maximum absolute atomic E-state index is 11.6. The van der Waals surface area contributed by atoms with Crippen molar-refractivity contribution in [3.8, 4) is 0 Å². The fourth-order valence-corrected chi connectivity index (χ4v) is 4.41. The van der Waals surface area contributed by atoms with Crippen LogP contribution in [0.4, 0.5) is 0 Å². The van der Waals surface area contributed by atoms with Crippen molar-refractivity contribution in [2.45, 2.75) is 32.0 Å². The van der Waals surface area contributed by atoms with Gasteiger partial charge >= 0.3 is 5.97 Å². The molecule has 0 fully saturated rings. The van der Waals surface area contributed by atoms with Crippen molar-refractivity contribution in [3.63, 3.8) is 0 Å². The Morgan fingerprint density at radius 3 is 1.91 bits per heavy atom. The lowest BCUT2D eigenvalue weighted by Crippen LogP contribution is -2.34. The third kappa shape index (κ3) is 6.89. The van der Waals surface area contributed by atoms with Gasteiger partial charge in [0.1, 0.15) is 12.2 Å². The van der Waals surface area contributed by atoms with Crippen LogP contribution in [0.15, 0.2) is 103 Å². The van der Waals surface area contributed by atoms with E-state index >= 15 is 0 Å². The minimum absolute atomic E-state index is 0.0570. The van der Waals surface area contributed by atoms with Gasteiger partial charge in [0.05, 0.1) is 6.61 Å². The predicted octanol–water partition coefficient (Wildman–Crippen LogP) is 6.12. The molecule has 0 N–H and O–H groups in total. The minimum atomic E-state index is -0.245. The molecular formula is C30H33NO3. The third-order valence-electron chi connectivity index (χ3n) is 6.20. The molecule has 1 aliphatic rings. The smallest absolute Gasteiger partial charge is 0.303 e. The number of carbonyl (C=O) groups excluding carboxylic acids is 1. The molecule has 0 aromatic heterocycles. The molecule has 1 atom stereocenters. The van der Waals surface area contributed by atoms with Crippen molar-refractivity contribution in [2.75, 3.05) is 26.2 Å². The van der Waals surface area contributed by atoms with Gasteiger partial charge < -0.3 is 9.47 Å². The van der Waals surface area contributed by atoms with E-state index in [1.165, 1.54) is 23.6 Å². The lowest BCUT2D eigenvalue weighted by Gasteiger charge is -2.30. The highest BCUT2D eigenvalue weighted by atomic mass is 16.5. The molecule has 0 radical (unpaired) electrons. The number of hydrogen-bond acceptors (Lipinski definition) is 4. The van der Waals surface area contributed by atoms with Crippen LogP contribution in [0.25, 0.3) is 0 Å². The van der Waals surface area contributed by atoms with E-state index in [2.05, 4.69) is 59.5 Å². The summed E-state index contributed by atoms with van der Waals surface area (Å²) < 4.78 is 12.0. The lowest BCUT2D eigenvalue weighted by molar-refractivity contribution is -0.147. The maximum Gasteiger partial charge on any atom is 0.303 e. The van der Waals surface area contributed by atoms with Crippen molar-refractivity contribution in [1.82, 2.24) is 4.90 Å². The Bertz CT molecular complexity index is 1010. The number of rotatable bonds is 10. The highest BCUT2D eigenvalue weighted by Crippen LogP contribution is 2.27. The van der Waals surface area contributed by atoms with Gasteiger partial charge in [0.25, 0.3) is 0 Å². The Kier molecular flexibility index (Phi) is 8.66. The van der Waals surface area contributed by atoms with Crippen LogP contribution >= 0.6 is 0 Å². The molecule has 4 nitrogen and oxygen atoms in total. The van der Waals surface area contributed by atoms with Crippen LogP contribution in [-0.4, -0.2) is 37.1 Å². The SMILES string of the molecule is CC(=O)OC(CN1CC=C(CCOC(c2ccccc2)c2ccccc2)CC1)c1ccccc1. The largest absolute Gasteiger partial charge is 0.456 e. The summed E-state index contributed by atoms with van der Waals surface area (Å²) in [6.45, 7) is 4.68. The average Bonchev–Trinajstić information content (AvgIpc) is 2.88. The summed E-state index contributed by atoms with van der Waals surface area (Å²) >= 11 is 0. The molecule has 4 rings (SSSR count). The van der Waals surface area contributed by atoms with Crippen LogP contribution in [0.1, 0.15) is 48.7 Å². The number of carbonyl (C=O) groups is 1. The lowest BCUT2D eigenvalue weighted by atomic mass is 10.0. The molecule has 3 aromatic carbocycles. The third-order valence-corrected chi connectivity index (χ3v) is 6.20. The first-order valence-corrected chi connectivity index (χ1v) is 12.0. The molecule has 34 heavy (non-hydrogen) atoms. The molecule has 1 aliphatic heterocycles. The van der Waals surface area contributed by atoms with Crippen LogP contribution in [0.5, 0.6) is 0 Å². The minimum Gasteiger partial charge on any atom is -0.456 e. The van der Waals surface area contributed by atoms with Gasteiger partial charge in [0.2, 0.25) is 0 Å².